The van der Waals surface area contributed by atoms with Crippen LogP contribution in [0.3, 0.4) is 0 Å². The van der Waals surface area contributed by atoms with Gasteiger partial charge in [-0.25, -0.2) is 0 Å². The molecule has 0 radical (unpaired) electrons. The van der Waals surface area contributed by atoms with E-state index in [0.717, 1.165) is 50.6 Å². The Morgan fingerprint density at radius 1 is 0.920 bits per heavy atom. The molecule has 0 bridgehead atoms. The first kappa shape index (κ1) is 16.0. The van der Waals surface area contributed by atoms with Crippen molar-refractivity contribution < 1.29 is 9.53 Å². The van der Waals surface area contributed by atoms with E-state index in [2.05, 4.69) is 22.3 Å². The summed E-state index contributed by atoms with van der Waals surface area (Å²) in [6.45, 7) is 4.11. The molecule has 2 saturated heterocycles. The van der Waals surface area contributed by atoms with Crippen molar-refractivity contribution in [2.24, 2.45) is 0 Å². The molecule has 0 saturated carbocycles. The molecule has 130 valence electrons. The van der Waals surface area contributed by atoms with Gasteiger partial charge in [0.05, 0.1) is 13.2 Å². The van der Waals surface area contributed by atoms with Crippen molar-refractivity contribution in [3.8, 4) is 0 Å². The van der Waals surface area contributed by atoms with E-state index in [1.807, 2.05) is 47.4 Å². The normalized spacial score (nSPS) is 20.8. The van der Waals surface area contributed by atoms with Gasteiger partial charge < -0.3 is 19.9 Å². The van der Waals surface area contributed by atoms with E-state index in [1.54, 1.807) is 0 Å². The summed E-state index contributed by atoms with van der Waals surface area (Å²) in [7, 11) is 0. The second-order valence-corrected chi connectivity index (χ2v) is 6.46. The minimum Gasteiger partial charge on any atom is -0.378 e. The number of nitrogens with one attached hydrogen (secondary N) is 1. The highest BCUT2D eigenvalue weighted by atomic mass is 16.5. The number of rotatable bonds is 4. The lowest BCUT2D eigenvalue weighted by molar-refractivity contribution is -0.117. The number of para-hydroxylation sites is 1. The van der Waals surface area contributed by atoms with E-state index in [0.29, 0.717) is 0 Å². The standard InChI is InChI=1S/C20H23N3O2/c24-20-19(9-10-23(20)17-6-2-1-3-7-17)21-16-5-4-8-18(15-16)22-11-13-25-14-12-22/h1-8,15,19,21H,9-14H2/t19-/m1/s1. The topological polar surface area (TPSA) is 44.8 Å². The summed E-state index contributed by atoms with van der Waals surface area (Å²) in [5.74, 6) is 0.142. The summed E-state index contributed by atoms with van der Waals surface area (Å²) in [5.41, 5.74) is 3.15. The van der Waals surface area contributed by atoms with Crippen LogP contribution >= 0.6 is 0 Å². The first-order chi connectivity index (χ1) is 12.3. The van der Waals surface area contributed by atoms with E-state index in [9.17, 15) is 4.79 Å². The van der Waals surface area contributed by atoms with Gasteiger partial charge >= 0.3 is 0 Å². The third-order valence-electron chi connectivity index (χ3n) is 4.84. The number of nitrogens with zero attached hydrogens (tertiary/aromatic N) is 2. The van der Waals surface area contributed by atoms with Gasteiger partial charge in [0.25, 0.3) is 0 Å². The lowest BCUT2D eigenvalue weighted by atomic mass is 10.2. The van der Waals surface area contributed by atoms with Crippen LogP contribution in [0.5, 0.6) is 0 Å². The highest BCUT2D eigenvalue weighted by Gasteiger charge is 2.32. The maximum Gasteiger partial charge on any atom is 0.249 e. The molecule has 5 nitrogen and oxygen atoms in total. The zero-order valence-electron chi connectivity index (χ0n) is 14.2. The van der Waals surface area contributed by atoms with Crippen molar-refractivity contribution in [1.29, 1.82) is 0 Å². The molecule has 0 aromatic heterocycles. The number of benzene rings is 2. The lowest BCUT2D eigenvalue weighted by Crippen LogP contribution is -2.36. The smallest absolute Gasteiger partial charge is 0.249 e. The average Bonchev–Trinajstić information content (AvgIpc) is 3.04. The predicted octanol–water partition coefficient (Wildman–Crippen LogP) is 2.74. The van der Waals surface area contributed by atoms with Crippen LogP contribution in [0.4, 0.5) is 17.1 Å². The first-order valence-electron chi connectivity index (χ1n) is 8.87. The summed E-state index contributed by atoms with van der Waals surface area (Å²) >= 11 is 0. The SMILES string of the molecule is O=C1[C@H](Nc2cccc(N3CCOCC3)c2)CCN1c1ccccc1. The predicted molar refractivity (Wildman–Crippen MR) is 100 cm³/mol. The van der Waals surface area contributed by atoms with Gasteiger partial charge in [-0.05, 0) is 36.8 Å². The van der Waals surface area contributed by atoms with E-state index in [-0.39, 0.29) is 11.9 Å². The van der Waals surface area contributed by atoms with Crippen LogP contribution < -0.4 is 15.1 Å². The third kappa shape index (κ3) is 3.46. The molecule has 2 aliphatic rings. The van der Waals surface area contributed by atoms with Crippen LogP contribution in [-0.4, -0.2) is 44.8 Å². The van der Waals surface area contributed by atoms with E-state index in [1.165, 1.54) is 5.69 Å². The van der Waals surface area contributed by atoms with Crippen LogP contribution in [-0.2, 0) is 9.53 Å². The molecule has 0 spiro atoms. The monoisotopic (exact) mass is 337 g/mol. The first-order valence-corrected chi connectivity index (χ1v) is 8.87. The highest BCUT2D eigenvalue weighted by Crippen LogP contribution is 2.25. The fourth-order valence-corrected chi connectivity index (χ4v) is 3.49. The van der Waals surface area contributed by atoms with Gasteiger partial charge in [-0.3, -0.25) is 4.79 Å². The van der Waals surface area contributed by atoms with Crippen molar-refractivity contribution in [3.05, 3.63) is 54.6 Å². The number of hydrogen-bond donors (Lipinski definition) is 1. The van der Waals surface area contributed by atoms with Gasteiger partial charge in [-0.15, -0.1) is 0 Å². The number of ether oxygens (including phenoxy) is 1. The second-order valence-electron chi connectivity index (χ2n) is 6.46. The molecule has 4 rings (SSSR count). The molecule has 0 aliphatic carbocycles. The molecule has 2 aromatic carbocycles. The molecule has 1 atom stereocenters. The molecule has 5 heteroatoms. The minimum absolute atomic E-state index is 0.142. The number of amides is 1. The fourth-order valence-electron chi connectivity index (χ4n) is 3.49. The van der Waals surface area contributed by atoms with Crippen molar-refractivity contribution in [3.63, 3.8) is 0 Å². The average molecular weight is 337 g/mol. The molecule has 1 N–H and O–H groups in total. The van der Waals surface area contributed by atoms with Gasteiger partial charge in [-0.2, -0.15) is 0 Å². The summed E-state index contributed by atoms with van der Waals surface area (Å²) in [6.07, 6.45) is 0.815. The van der Waals surface area contributed by atoms with E-state index in [4.69, 9.17) is 4.74 Å². The van der Waals surface area contributed by atoms with Crippen molar-refractivity contribution >= 4 is 23.0 Å². The van der Waals surface area contributed by atoms with Crippen LogP contribution in [0.15, 0.2) is 54.6 Å². The Balaban J connectivity index is 1.45. The Kier molecular flexibility index (Phi) is 4.57. The van der Waals surface area contributed by atoms with Crippen LogP contribution in [0.1, 0.15) is 6.42 Å². The van der Waals surface area contributed by atoms with E-state index >= 15 is 0 Å². The van der Waals surface area contributed by atoms with Gasteiger partial charge in [0.1, 0.15) is 6.04 Å². The summed E-state index contributed by atoms with van der Waals surface area (Å²) in [4.78, 5) is 16.9. The Hall–Kier alpha value is -2.53. The lowest BCUT2D eigenvalue weighted by Gasteiger charge is -2.29. The van der Waals surface area contributed by atoms with Crippen LogP contribution in [0.2, 0.25) is 0 Å². The zero-order valence-corrected chi connectivity index (χ0v) is 14.2. The largest absolute Gasteiger partial charge is 0.378 e. The molecule has 2 fully saturated rings. The molecule has 1 amide bonds. The second kappa shape index (κ2) is 7.15. The quantitative estimate of drug-likeness (QED) is 0.932. The Morgan fingerprint density at radius 3 is 2.48 bits per heavy atom. The Labute approximate surface area is 148 Å². The van der Waals surface area contributed by atoms with E-state index < -0.39 is 0 Å². The molecule has 2 heterocycles. The third-order valence-corrected chi connectivity index (χ3v) is 4.84. The highest BCUT2D eigenvalue weighted by molar-refractivity contribution is 6.01. The number of hydrogen-bond acceptors (Lipinski definition) is 4. The summed E-state index contributed by atoms with van der Waals surface area (Å²) in [6, 6.07) is 18.0. The number of morpholine rings is 1. The number of carbonyl (C=O) groups excluding carboxylic acids is 1. The molecular formula is C20H23N3O2. The zero-order chi connectivity index (χ0) is 17.1. The maximum absolute atomic E-state index is 12.7. The van der Waals surface area contributed by atoms with Crippen LogP contribution in [0, 0.1) is 0 Å². The number of carbonyl (C=O) groups is 1. The number of anilines is 3. The fraction of sp³-hybridized carbons (Fsp3) is 0.350. The van der Waals surface area contributed by atoms with Gasteiger partial charge in [0.2, 0.25) is 5.91 Å². The van der Waals surface area contributed by atoms with Gasteiger partial charge in [0, 0.05) is 36.7 Å². The minimum atomic E-state index is -0.167. The molecule has 2 aliphatic heterocycles. The molecule has 2 aromatic rings. The van der Waals surface area contributed by atoms with Gasteiger partial charge in [-0.1, -0.05) is 24.3 Å². The van der Waals surface area contributed by atoms with Crippen LogP contribution in [0.25, 0.3) is 0 Å². The molecular weight excluding hydrogens is 314 g/mol. The van der Waals surface area contributed by atoms with Gasteiger partial charge in [0.15, 0.2) is 0 Å². The molecule has 25 heavy (non-hydrogen) atoms. The van der Waals surface area contributed by atoms with Crippen molar-refractivity contribution in [1.82, 2.24) is 0 Å². The van der Waals surface area contributed by atoms with Crippen molar-refractivity contribution in [2.75, 3.05) is 48.0 Å². The Bertz CT molecular complexity index is 729. The van der Waals surface area contributed by atoms with Crippen molar-refractivity contribution in [2.45, 2.75) is 12.5 Å². The Morgan fingerprint density at radius 2 is 1.68 bits per heavy atom. The maximum atomic E-state index is 12.7. The molecule has 0 unspecified atom stereocenters. The summed E-state index contributed by atoms with van der Waals surface area (Å²) in [5, 5.41) is 3.42. The summed E-state index contributed by atoms with van der Waals surface area (Å²) < 4.78 is 5.42.